The van der Waals surface area contributed by atoms with Gasteiger partial charge in [0.15, 0.2) is 0 Å². The molecule has 1 aromatic rings. The summed E-state index contributed by atoms with van der Waals surface area (Å²) >= 11 is 0. The fourth-order valence-corrected chi connectivity index (χ4v) is 2.54. The number of carbonyl (C=O) groups excluding carboxylic acids is 1. The van der Waals surface area contributed by atoms with Crippen molar-refractivity contribution in [2.45, 2.75) is 26.2 Å². The molecule has 0 atom stereocenters. The van der Waals surface area contributed by atoms with Gasteiger partial charge in [-0.3, -0.25) is 4.79 Å². The molecule has 0 radical (unpaired) electrons. The van der Waals surface area contributed by atoms with Gasteiger partial charge < -0.3 is 10.6 Å². The Morgan fingerprint density at radius 2 is 1.80 bits per heavy atom. The molecule has 2 rings (SSSR count). The van der Waals surface area contributed by atoms with Crippen LogP contribution in [0.4, 0.5) is 5.69 Å². The molecule has 1 aliphatic heterocycles. The van der Waals surface area contributed by atoms with E-state index in [9.17, 15) is 4.79 Å². The van der Waals surface area contributed by atoms with Crippen molar-refractivity contribution >= 4 is 17.2 Å². The Balaban J connectivity index is 2.24. The van der Waals surface area contributed by atoms with Crippen molar-refractivity contribution < 1.29 is 4.79 Å². The highest BCUT2D eigenvalue weighted by Crippen LogP contribution is 2.24. The Kier molecular flexibility index (Phi) is 4.41. The highest BCUT2D eigenvalue weighted by atomic mass is 16.1. The van der Waals surface area contributed by atoms with Crippen LogP contribution in [0.15, 0.2) is 29.8 Å². The second-order valence-electron chi connectivity index (χ2n) is 5.07. The zero-order valence-electron chi connectivity index (χ0n) is 11.7. The monoisotopic (exact) mass is 269 g/mol. The second-order valence-corrected chi connectivity index (χ2v) is 5.07. The fraction of sp³-hybridized carbons (Fsp3) is 0.375. The zero-order valence-corrected chi connectivity index (χ0v) is 11.7. The molecule has 1 heterocycles. The maximum Gasteiger partial charge on any atom is 0.259 e. The van der Waals surface area contributed by atoms with Crippen LogP contribution in [0.2, 0.25) is 0 Å². The number of nitrogens with two attached hydrogens (primary N) is 1. The Morgan fingerprint density at radius 3 is 2.30 bits per heavy atom. The number of benzene rings is 1. The molecule has 1 saturated heterocycles. The van der Waals surface area contributed by atoms with Crippen molar-refractivity contribution in [3.63, 3.8) is 0 Å². The molecule has 0 aromatic heterocycles. The van der Waals surface area contributed by atoms with E-state index in [0.29, 0.717) is 5.57 Å². The van der Waals surface area contributed by atoms with E-state index < -0.39 is 5.91 Å². The molecule has 4 nitrogen and oxygen atoms in total. The minimum Gasteiger partial charge on any atom is -0.372 e. The summed E-state index contributed by atoms with van der Waals surface area (Å²) < 4.78 is 0. The number of carbonyl (C=O) groups is 1. The summed E-state index contributed by atoms with van der Waals surface area (Å²) in [5.74, 6) is -0.676. The Labute approximate surface area is 119 Å². The molecule has 0 saturated carbocycles. The van der Waals surface area contributed by atoms with Gasteiger partial charge in [0.25, 0.3) is 5.91 Å². The van der Waals surface area contributed by atoms with Gasteiger partial charge in [-0.15, -0.1) is 0 Å². The first kappa shape index (κ1) is 14.1. The lowest BCUT2D eigenvalue weighted by Crippen LogP contribution is -2.29. The summed E-state index contributed by atoms with van der Waals surface area (Å²) in [6.07, 6.45) is 3.78. The van der Waals surface area contributed by atoms with E-state index in [1.54, 1.807) is 6.92 Å². The SMILES string of the molecule is C/C(=C(/C#N)C(N)=O)c1ccc(N2CCCCC2)cc1. The van der Waals surface area contributed by atoms with Crippen LogP contribution in [0.1, 0.15) is 31.7 Å². The van der Waals surface area contributed by atoms with E-state index in [0.717, 1.165) is 18.7 Å². The first-order chi connectivity index (χ1) is 9.63. The molecule has 2 N–H and O–H groups in total. The first-order valence-electron chi connectivity index (χ1n) is 6.89. The highest BCUT2D eigenvalue weighted by Gasteiger charge is 2.13. The third-order valence-electron chi connectivity index (χ3n) is 3.75. The van der Waals surface area contributed by atoms with Gasteiger partial charge in [0, 0.05) is 18.8 Å². The van der Waals surface area contributed by atoms with E-state index in [1.165, 1.54) is 24.9 Å². The third-order valence-corrected chi connectivity index (χ3v) is 3.75. The minimum atomic E-state index is -0.676. The molecule has 0 unspecified atom stereocenters. The molecular weight excluding hydrogens is 250 g/mol. The van der Waals surface area contributed by atoms with Gasteiger partial charge in [0.2, 0.25) is 0 Å². The molecule has 1 aliphatic rings. The molecule has 1 amide bonds. The fourth-order valence-electron chi connectivity index (χ4n) is 2.54. The van der Waals surface area contributed by atoms with Crippen LogP contribution in [-0.2, 0) is 4.79 Å². The number of rotatable bonds is 3. The van der Waals surface area contributed by atoms with Crippen molar-refractivity contribution in [2.24, 2.45) is 5.73 Å². The van der Waals surface area contributed by atoms with Gasteiger partial charge in [-0.2, -0.15) is 5.26 Å². The third kappa shape index (κ3) is 3.00. The van der Waals surface area contributed by atoms with Crippen LogP contribution < -0.4 is 10.6 Å². The van der Waals surface area contributed by atoms with Crippen molar-refractivity contribution in [2.75, 3.05) is 18.0 Å². The molecule has 0 aliphatic carbocycles. The number of piperidine rings is 1. The second kappa shape index (κ2) is 6.25. The van der Waals surface area contributed by atoms with Crippen molar-refractivity contribution in [3.05, 3.63) is 35.4 Å². The van der Waals surface area contributed by atoms with Gasteiger partial charge in [-0.25, -0.2) is 0 Å². The van der Waals surface area contributed by atoms with Gasteiger partial charge in [0.05, 0.1) is 0 Å². The van der Waals surface area contributed by atoms with Crippen LogP contribution in [0.3, 0.4) is 0 Å². The summed E-state index contributed by atoms with van der Waals surface area (Å²) in [5, 5.41) is 8.97. The van der Waals surface area contributed by atoms with Crippen molar-refractivity contribution in [1.82, 2.24) is 0 Å². The van der Waals surface area contributed by atoms with E-state index in [4.69, 9.17) is 11.0 Å². The Bertz CT molecular complexity index is 560. The van der Waals surface area contributed by atoms with Crippen LogP contribution in [0.25, 0.3) is 5.57 Å². The van der Waals surface area contributed by atoms with Crippen LogP contribution in [-0.4, -0.2) is 19.0 Å². The summed E-state index contributed by atoms with van der Waals surface area (Å²) in [4.78, 5) is 13.6. The number of primary amides is 1. The number of nitrogens with zero attached hydrogens (tertiary/aromatic N) is 2. The van der Waals surface area contributed by atoms with Gasteiger partial charge >= 0.3 is 0 Å². The van der Waals surface area contributed by atoms with Crippen LogP contribution >= 0.6 is 0 Å². The smallest absolute Gasteiger partial charge is 0.259 e. The van der Waals surface area contributed by atoms with Gasteiger partial charge in [-0.05, 0) is 49.5 Å². The quantitative estimate of drug-likeness (QED) is 0.677. The molecule has 1 aromatic carbocycles. The average molecular weight is 269 g/mol. The maximum absolute atomic E-state index is 11.2. The highest BCUT2D eigenvalue weighted by molar-refractivity contribution is 6.03. The van der Waals surface area contributed by atoms with Crippen LogP contribution in [0, 0.1) is 11.3 Å². The molecular formula is C16H19N3O. The van der Waals surface area contributed by atoms with Crippen LogP contribution in [0.5, 0.6) is 0 Å². The molecule has 0 spiro atoms. The molecule has 104 valence electrons. The topological polar surface area (TPSA) is 70.1 Å². The molecule has 0 bridgehead atoms. The lowest BCUT2D eigenvalue weighted by atomic mass is 10.0. The maximum atomic E-state index is 11.2. The van der Waals surface area contributed by atoms with Gasteiger partial charge in [-0.1, -0.05) is 12.1 Å². The van der Waals surface area contributed by atoms with Crippen molar-refractivity contribution in [1.29, 1.82) is 5.26 Å². The summed E-state index contributed by atoms with van der Waals surface area (Å²) in [6, 6.07) is 9.84. The zero-order chi connectivity index (χ0) is 14.5. The minimum absolute atomic E-state index is 0.0238. The number of anilines is 1. The van der Waals surface area contributed by atoms with E-state index >= 15 is 0 Å². The summed E-state index contributed by atoms with van der Waals surface area (Å²) in [5.41, 5.74) is 7.91. The van der Waals surface area contributed by atoms with Gasteiger partial charge in [0.1, 0.15) is 11.6 Å². The predicted molar refractivity (Wildman–Crippen MR) is 79.9 cm³/mol. The van der Waals surface area contributed by atoms with E-state index in [1.807, 2.05) is 30.3 Å². The predicted octanol–water partition coefficient (Wildman–Crippen LogP) is 2.46. The molecule has 4 heteroatoms. The Morgan fingerprint density at radius 1 is 1.20 bits per heavy atom. The lowest BCUT2D eigenvalue weighted by molar-refractivity contribution is -0.114. The average Bonchev–Trinajstić information content (AvgIpc) is 2.48. The Hall–Kier alpha value is -2.28. The largest absolute Gasteiger partial charge is 0.372 e. The summed E-state index contributed by atoms with van der Waals surface area (Å²) in [6.45, 7) is 3.94. The molecule has 1 fully saturated rings. The van der Waals surface area contributed by atoms with Crippen molar-refractivity contribution in [3.8, 4) is 6.07 Å². The summed E-state index contributed by atoms with van der Waals surface area (Å²) in [7, 11) is 0. The number of amides is 1. The number of nitriles is 1. The van der Waals surface area contributed by atoms with E-state index in [2.05, 4.69) is 4.90 Å². The number of hydrogen-bond acceptors (Lipinski definition) is 3. The number of hydrogen-bond donors (Lipinski definition) is 1. The first-order valence-corrected chi connectivity index (χ1v) is 6.89. The normalized spacial score (nSPS) is 16.3. The lowest BCUT2D eigenvalue weighted by Gasteiger charge is -2.28. The standard InChI is InChI=1S/C16H19N3O/c1-12(15(11-17)16(18)20)13-5-7-14(8-6-13)19-9-3-2-4-10-19/h5-8H,2-4,9-10H2,1H3,(H2,18,20)/b15-12+. The van der Waals surface area contributed by atoms with E-state index in [-0.39, 0.29) is 5.57 Å². The number of allylic oxidation sites excluding steroid dienone is 1. The molecule has 20 heavy (non-hydrogen) atoms.